The lowest BCUT2D eigenvalue weighted by Gasteiger charge is -2.11. The van der Waals surface area contributed by atoms with Gasteiger partial charge in [-0.15, -0.1) is 0 Å². The van der Waals surface area contributed by atoms with E-state index in [9.17, 15) is 9.18 Å². The van der Waals surface area contributed by atoms with Crippen molar-refractivity contribution in [2.24, 2.45) is 0 Å². The van der Waals surface area contributed by atoms with Crippen LogP contribution >= 0.6 is 0 Å². The number of amides is 1. The van der Waals surface area contributed by atoms with Crippen LogP contribution in [-0.4, -0.2) is 12.5 Å². The van der Waals surface area contributed by atoms with Crippen LogP contribution in [0.25, 0.3) is 0 Å². The van der Waals surface area contributed by atoms with Gasteiger partial charge in [0.05, 0.1) is 13.0 Å². The summed E-state index contributed by atoms with van der Waals surface area (Å²) in [6.07, 6.45) is 0.244. The number of hydrogen-bond acceptors (Lipinski definition) is 2. The van der Waals surface area contributed by atoms with Crippen LogP contribution in [0.2, 0.25) is 0 Å². The van der Waals surface area contributed by atoms with Gasteiger partial charge in [-0.1, -0.05) is 36.4 Å². The molecule has 0 atom stereocenters. The summed E-state index contributed by atoms with van der Waals surface area (Å²) in [7, 11) is 0. The highest BCUT2D eigenvalue weighted by Crippen LogP contribution is 2.10. The van der Waals surface area contributed by atoms with Gasteiger partial charge in [-0.25, -0.2) is 4.39 Å². The van der Waals surface area contributed by atoms with Gasteiger partial charge >= 0.3 is 0 Å². The Labute approximate surface area is 130 Å². The molecular formula is C18H20FNO2. The zero-order chi connectivity index (χ0) is 15.8. The molecule has 0 aromatic heterocycles. The van der Waals surface area contributed by atoms with E-state index in [0.717, 1.165) is 16.7 Å². The van der Waals surface area contributed by atoms with E-state index < -0.39 is 0 Å². The van der Waals surface area contributed by atoms with E-state index in [0.29, 0.717) is 19.8 Å². The van der Waals surface area contributed by atoms with Crippen molar-refractivity contribution < 1.29 is 13.9 Å². The van der Waals surface area contributed by atoms with Crippen molar-refractivity contribution >= 4 is 5.91 Å². The predicted molar refractivity (Wildman–Crippen MR) is 83.7 cm³/mol. The Kier molecular flexibility index (Phi) is 6.10. The molecule has 0 aliphatic heterocycles. The molecule has 4 heteroatoms. The molecule has 0 aliphatic carbocycles. The van der Waals surface area contributed by atoms with Gasteiger partial charge < -0.3 is 10.1 Å². The van der Waals surface area contributed by atoms with Crippen LogP contribution in [-0.2, 0) is 29.1 Å². The van der Waals surface area contributed by atoms with Gasteiger partial charge in [0.15, 0.2) is 0 Å². The predicted octanol–water partition coefficient (Wildman–Crippen LogP) is 3.22. The highest BCUT2D eigenvalue weighted by Gasteiger charge is 2.06. The molecule has 1 amide bonds. The first-order valence-corrected chi connectivity index (χ1v) is 7.34. The summed E-state index contributed by atoms with van der Waals surface area (Å²) in [5.41, 5.74) is 2.91. The molecule has 2 aromatic carbocycles. The number of carbonyl (C=O) groups excluding carboxylic acids is 1. The van der Waals surface area contributed by atoms with Crippen LogP contribution in [0.1, 0.15) is 23.6 Å². The van der Waals surface area contributed by atoms with E-state index in [-0.39, 0.29) is 18.1 Å². The number of nitrogens with one attached hydrogen (secondary N) is 1. The van der Waals surface area contributed by atoms with Crippen molar-refractivity contribution in [1.82, 2.24) is 5.32 Å². The Morgan fingerprint density at radius 2 is 1.77 bits per heavy atom. The van der Waals surface area contributed by atoms with Crippen LogP contribution in [0, 0.1) is 5.82 Å². The standard InChI is InChI=1S/C18H20FNO2/c1-2-22-13-16-6-4-3-5-15(16)12-20-18(21)11-14-7-9-17(19)10-8-14/h3-10H,2,11-13H2,1H3,(H,20,21). The molecule has 0 bridgehead atoms. The minimum absolute atomic E-state index is 0.0854. The summed E-state index contributed by atoms with van der Waals surface area (Å²) < 4.78 is 18.3. The molecule has 0 spiro atoms. The van der Waals surface area contributed by atoms with Crippen molar-refractivity contribution in [2.75, 3.05) is 6.61 Å². The smallest absolute Gasteiger partial charge is 0.224 e. The van der Waals surface area contributed by atoms with E-state index in [1.54, 1.807) is 12.1 Å². The third-order valence-electron chi connectivity index (χ3n) is 3.33. The Morgan fingerprint density at radius 1 is 1.09 bits per heavy atom. The summed E-state index contributed by atoms with van der Waals surface area (Å²) in [5, 5.41) is 2.89. The van der Waals surface area contributed by atoms with Crippen molar-refractivity contribution in [1.29, 1.82) is 0 Å². The van der Waals surface area contributed by atoms with Crippen LogP contribution in [0.4, 0.5) is 4.39 Å². The van der Waals surface area contributed by atoms with Gasteiger partial charge in [-0.3, -0.25) is 4.79 Å². The molecule has 1 N–H and O–H groups in total. The number of benzene rings is 2. The second-order valence-electron chi connectivity index (χ2n) is 4.99. The number of rotatable bonds is 7. The molecule has 0 unspecified atom stereocenters. The zero-order valence-corrected chi connectivity index (χ0v) is 12.6. The molecule has 2 aromatic rings. The molecule has 0 radical (unpaired) electrons. The third-order valence-corrected chi connectivity index (χ3v) is 3.33. The quantitative estimate of drug-likeness (QED) is 0.852. The lowest BCUT2D eigenvalue weighted by Crippen LogP contribution is -2.25. The Morgan fingerprint density at radius 3 is 2.45 bits per heavy atom. The van der Waals surface area contributed by atoms with Gasteiger partial charge in [0.2, 0.25) is 5.91 Å². The van der Waals surface area contributed by atoms with E-state index in [1.165, 1.54) is 12.1 Å². The van der Waals surface area contributed by atoms with Gasteiger partial charge in [0.1, 0.15) is 5.82 Å². The van der Waals surface area contributed by atoms with E-state index in [4.69, 9.17) is 4.74 Å². The van der Waals surface area contributed by atoms with E-state index in [1.807, 2.05) is 31.2 Å². The van der Waals surface area contributed by atoms with Gasteiger partial charge in [-0.2, -0.15) is 0 Å². The Bertz CT molecular complexity index is 611. The average molecular weight is 301 g/mol. The summed E-state index contributed by atoms with van der Waals surface area (Å²) in [4.78, 5) is 12.0. The second-order valence-corrected chi connectivity index (χ2v) is 4.99. The molecular weight excluding hydrogens is 281 g/mol. The third kappa shape index (κ3) is 4.97. The second kappa shape index (κ2) is 8.29. The lowest BCUT2D eigenvalue weighted by atomic mass is 10.1. The fourth-order valence-electron chi connectivity index (χ4n) is 2.13. The van der Waals surface area contributed by atoms with E-state index in [2.05, 4.69) is 5.32 Å². The average Bonchev–Trinajstić information content (AvgIpc) is 2.54. The van der Waals surface area contributed by atoms with Crippen LogP contribution in [0.3, 0.4) is 0 Å². The first kappa shape index (κ1) is 16.2. The molecule has 116 valence electrons. The zero-order valence-electron chi connectivity index (χ0n) is 12.6. The number of halogens is 1. The lowest BCUT2D eigenvalue weighted by molar-refractivity contribution is -0.120. The van der Waals surface area contributed by atoms with Crippen molar-refractivity contribution in [3.05, 3.63) is 71.0 Å². The molecule has 3 nitrogen and oxygen atoms in total. The molecule has 22 heavy (non-hydrogen) atoms. The van der Waals surface area contributed by atoms with Crippen LogP contribution in [0.5, 0.6) is 0 Å². The fourth-order valence-corrected chi connectivity index (χ4v) is 2.13. The first-order chi connectivity index (χ1) is 10.7. The van der Waals surface area contributed by atoms with Crippen LogP contribution < -0.4 is 5.32 Å². The summed E-state index contributed by atoms with van der Waals surface area (Å²) in [5.74, 6) is -0.383. The maximum Gasteiger partial charge on any atom is 0.224 e. The van der Waals surface area contributed by atoms with E-state index >= 15 is 0 Å². The monoisotopic (exact) mass is 301 g/mol. The Balaban J connectivity index is 1.89. The first-order valence-electron chi connectivity index (χ1n) is 7.34. The summed E-state index contributed by atoms with van der Waals surface area (Å²) >= 11 is 0. The fraction of sp³-hybridized carbons (Fsp3) is 0.278. The molecule has 0 saturated heterocycles. The summed E-state index contributed by atoms with van der Waals surface area (Å²) in [6.45, 7) is 3.61. The van der Waals surface area contributed by atoms with Gasteiger partial charge in [-0.05, 0) is 35.7 Å². The van der Waals surface area contributed by atoms with Crippen molar-refractivity contribution in [2.45, 2.75) is 26.5 Å². The molecule has 2 rings (SSSR count). The minimum atomic E-state index is -0.297. The highest BCUT2D eigenvalue weighted by molar-refractivity contribution is 5.78. The number of carbonyl (C=O) groups is 1. The van der Waals surface area contributed by atoms with Crippen molar-refractivity contribution in [3.8, 4) is 0 Å². The molecule has 0 heterocycles. The molecule has 0 aliphatic rings. The Hall–Kier alpha value is -2.20. The number of ether oxygens (including phenoxy) is 1. The molecule has 0 fully saturated rings. The summed E-state index contributed by atoms with van der Waals surface area (Å²) in [6, 6.07) is 13.8. The highest BCUT2D eigenvalue weighted by atomic mass is 19.1. The van der Waals surface area contributed by atoms with Crippen LogP contribution in [0.15, 0.2) is 48.5 Å². The topological polar surface area (TPSA) is 38.3 Å². The van der Waals surface area contributed by atoms with Crippen molar-refractivity contribution in [3.63, 3.8) is 0 Å². The maximum absolute atomic E-state index is 12.8. The minimum Gasteiger partial charge on any atom is -0.377 e. The van der Waals surface area contributed by atoms with Gasteiger partial charge in [0, 0.05) is 13.2 Å². The SMILES string of the molecule is CCOCc1ccccc1CNC(=O)Cc1ccc(F)cc1. The maximum atomic E-state index is 12.8. The van der Waals surface area contributed by atoms with Gasteiger partial charge in [0.25, 0.3) is 0 Å². The largest absolute Gasteiger partial charge is 0.377 e. The molecule has 0 saturated carbocycles. The normalized spacial score (nSPS) is 10.5. The number of hydrogen-bond donors (Lipinski definition) is 1.